The first-order chi connectivity index (χ1) is 8.63. The van der Waals surface area contributed by atoms with E-state index in [1.807, 2.05) is 0 Å². The number of aliphatic hydroxyl groups excluding tert-OH is 1. The molecule has 1 fully saturated rings. The zero-order chi connectivity index (χ0) is 13.5. The van der Waals surface area contributed by atoms with E-state index in [0.717, 1.165) is 0 Å². The standard InChI is InChI=1S/C10H14O8/c1-6-15-3-7(14)9(18-6)10(17-5-13)8(2-11)16-4-12/h2,4-10,14H,3H2,1H3/t6?,7-,8+,9-,10-/m1/s1. The van der Waals surface area contributed by atoms with E-state index in [0.29, 0.717) is 6.29 Å². The zero-order valence-electron chi connectivity index (χ0n) is 9.63. The van der Waals surface area contributed by atoms with Crippen LogP contribution in [0.25, 0.3) is 0 Å². The van der Waals surface area contributed by atoms with Gasteiger partial charge in [-0.2, -0.15) is 0 Å². The molecule has 1 rings (SSSR count). The van der Waals surface area contributed by atoms with Crippen LogP contribution in [0, 0.1) is 0 Å². The zero-order valence-corrected chi connectivity index (χ0v) is 9.63. The predicted molar refractivity (Wildman–Crippen MR) is 54.2 cm³/mol. The molecule has 5 atom stereocenters. The van der Waals surface area contributed by atoms with Gasteiger partial charge in [0, 0.05) is 0 Å². The molecule has 1 unspecified atom stereocenters. The predicted octanol–water partition coefficient (Wildman–Crippen LogP) is -1.61. The van der Waals surface area contributed by atoms with E-state index in [9.17, 15) is 19.5 Å². The van der Waals surface area contributed by atoms with Gasteiger partial charge in [-0.05, 0) is 6.92 Å². The van der Waals surface area contributed by atoms with Crippen molar-refractivity contribution in [3.8, 4) is 0 Å². The fourth-order valence-corrected chi connectivity index (χ4v) is 1.63. The fraction of sp³-hybridized carbons (Fsp3) is 0.700. The van der Waals surface area contributed by atoms with Crippen molar-refractivity contribution in [1.82, 2.24) is 0 Å². The number of carbonyl (C=O) groups is 3. The highest BCUT2D eigenvalue weighted by atomic mass is 16.7. The normalized spacial score (nSPS) is 30.9. The third-order valence-corrected chi connectivity index (χ3v) is 2.44. The molecule has 0 aromatic carbocycles. The summed E-state index contributed by atoms with van der Waals surface area (Å²) in [6, 6.07) is 0. The summed E-state index contributed by atoms with van der Waals surface area (Å²) >= 11 is 0. The molecule has 0 aromatic rings. The molecule has 0 radical (unpaired) electrons. The lowest BCUT2D eigenvalue weighted by Gasteiger charge is -2.37. The highest BCUT2D eigenvalue weighted by molar-refractivity contribution is 5.61. The van der Waals surface area contributed by atoms with Gasteiger partial charge in [0.25, 0.3) is 12.9 Å². The first-order valence-corrected chi connectivity index (χ1v) is 5.22. The third-order valence-electron chi connectivity index (χ3n) is 2.44. The van der Waals surface area contributed by atoms with Crippen LogP contribution in [0.5, 0.6) is 0 Å². The molecule has 1 heterocycles. The van der Waals surface area contributed by atoms with Crippen molar-refractivity contribution < 1.29 is 38.4 Å². The minimum Gasteiger partial charge on any atom is -0.457 e. The summed E-state index contributed by atoms with van der Waals surface area (Å²) in [7, 11) is 0. The summed E-state index contributed by atoms with van der Waals surface area (Å²) in [5, 5.41) is 9.69. The van der Waals surface area contributed by atoms with Gasteiger partial charge < -0.3 is 24.1 Å². The van der Waals surface area contributed by atoms with Crippen molar-refractivity contribution in [1.29, 1.82) is 0 Å². The van der Waals surface area contributed by atoms with Crippen molar-refractivity contribution in [2.45, 2.75) is 37.6 Å². The molecule has 8 nitrogen and oxygen atoms in total. The average molecular weight is 262 g/mol. The van der Waals surface area contributed by atoms with Crippen LogP contribution in [-0.4, -0.2) is 61.6 Å². The Morgan fingerprint density at radius 3 is 2.50 bits per heavy atom. The molecule has 102 valence electrons. The van der Waals surface area contributed by atoms with Gasteiger partial charge >= 0.3 is 0 Å². The van der Waals surface area contributed by atoms with Gasteiger partial charge in [0.1, 0.15) is 12.2 Å². The lowest BCUT2D eigenvalue weighted by molar-refractivity contribution is -0.271. The number of aldehydes is 1. The molecule has 0 amide bonds. The molecule has 1 aliphatic rings. The van der Waals surface area contributed by atoms with Crippen molar-refractivity contribution in [3.05, 3.63) is 0 Å². The lowest BCUT2D eigenvalue weighted by atomic mass is 10.0. The Balaban J connectivity index is 2.83. The highest BCUT2D eigenvalue weighted by Gasteiger charge is 2.41. The monoisotopic (exact) mass is 262 g/mol. The maximum atomic E-state index is 10.8. The average Bonchev–Trinajstić information content (AvgIpc) is 2.37. The summed E-state index contributed by atoms with van der Waals surface area (Å²) in [6.07, 6.45) is -5.06. The maximum absolute atomic E-state index is 10.8. The molecular weight excluding hydrogens is 248 g/mol. The minimum absolute atomic E-state index is 0.0444. The Kier molecular flexibility index (Phi) is 5.69. The van der Waals surface area contributed by atoms with E-state index < -0.39 is 30.7 Å². The highest BCUT2D eigenvalue weighted by Crippen LogP contribution is 2.20. The van der Waals surface area contributed by atoms with Gasteiger partial charge in [0.15, 0.2) is 24.8 Å². The molecule has 0 spiro atoms. The number of aliphatic hydroxyl groups is 1. The van der Waals surface area contributed by atoms with E-state index in [4.69, 9.17) is 9.47 Å². The summed E-state index contributed by atoms with van der Waals surface area (Å²) in [4.78, 5) is 31.5. The van der Waals surface area contributed by atoms with Crippen LogP contribution in [0.1, 0.15) is 6.92 Å². The molecule has 0 aromatic heterocycles. The smallest absolute Gasteiger partial charge is 0.293 e. The Hall–Kier alpha value is -1.51. The molecule has 8 heteroatoms. The van der Waals surface area contributed by atoms with Crippen molar-refractivity contribution in [2.24, 2.45) is 0 Å². The quantitative estimate of drug-likeness (QED) is 0.546. The van der Waals surface area contributed by atoms with E-state index in [1.165, 1.54) is 0 Å². The van der Waals surface area contributed by atoms with Gasteiger partial charge in [-0.15, -0.1) is 0 Å². The number of hydrogen-bond acceptors (Lipinski definition) is 8. The fourth-order valence-electron chi connectivity index (χ4n) is 1.63. The van der Waals surface area contributed by atoms with Crippen LogP contribution in [0.4, 0.5) is 0 Å². The van der Waals surface area contributed by atoms with Crippen LogP contribution >= 0.6 is 0 Å². The largest absolute Gasteiger partial charge is 0.457 e. The Bertz CT molecular complexity index is 294. The Morgan fingerprint density at radius 1 is 1.28 bits per heavy atom. The van der Waals surface area contributed by atoms with Gasteiger partial charge in [-0.1, -0.05) is 0 Å². The maximum Gasteiger partial charge on any atom is 0.293 e. The van der Waals surface area contributed by atoms with Gasteiger partial charge in [0.05, 0.1) is 6.61 Å². The molecule has 1 aliphatic heterocycles. The second-order valence-corrected chi connectivity index (χ2v) is 3.60. The summed E-state index contributed by atoms with van der Waals surface area (Å²) < 4.78 is 19.4. The van der Waals surface area contributed by atoms with Crippen LogP contribution in [0.15, 0.2) is 0 Å². The SMILES string of the molecule is CC1OC[C@@H](O)[C@H]([C@H](OC=O)[C@H](C=O)OC=O)O1. The molecular formula is C10H14O8. The first kappa shape index (κ1) is 14.6. The summed E-state index contributed by atoms with van der Waals surface area (Å²) in [5.41, 5.74) is 0. The first-order valence-electron chi connectivity index (χ1n) is 5.22. The number of hydrogen-bond donors (Lipinski definition) is 1. The number of ether oxygens (including phenoxy) is 4. The molecule has 0 saturated carbocycles. The van der Waals surface area contributed by atoms with Crippen LogP contribution < -0.4 is 0 Å². The Morgan fingerprint density at radius 2 is 1.94 bits per heavy atom. The van der Waals surface area contributed by atoms with E-state index in [1.54, 1.807) is 6.92 Å². The molecule has 1 saturated heterocycles. The van der Waals surface area contributed by atoms with Crippen LogP contribution in [0.2, 0.25) is 0 Å². The summed E-state index contributed by atoms with van der Waals surface area (Å²) in [6.45, 7) is 1.67. The van der Waals surface area contributed by atoms with Crippen molar-refractivity contribution >= 4 is 19.2 Å². The van der Waals surface area contributed by atoms with Crippen LogP contribution in [-0.2, 0) is 33.3 Å². The van der Waals surface area contributed by atoms with Gasteiger partial charge in [-0.3, -0.25) is 14.4 Å². The van der Waals surface area contributed by atoms with Crippen molar-refractivity contribution in [2.75, 3.05) is 6.61 Å². The topological polar surface area (TPSA) is 108 Å². The second kappa shape index (κ2) is 7.04. The number of carbonyl (C=O) groups excluding carboxylic acids is 3. The third kappa shape index (κ3) is 3.49. The Labute approximate surface area is 103 Å². The molecule has 0 aliphatic carbocycles. The molecule has 18 heavy (non-hydrogen) atoms. The molecule has 1 N–H and O–H groups in total. The lowest BCUT2D eigenvalue weighted by Crippen LogP contribution is -2.54. The van der Waals surface area contributed by atoms with Crippen molar-refractivity contribution in [3.63, 3.8) is 0 Å². The summed E-state index contributed by atoms with van der Waals surface area (Å²) in [5.74, 6) is 0. The van der Waals surface area contributed by atoms with Gasteiger partial charge in [0.2, 0.25) is 0 Å². The minimum atomic E-state index is -1.35. The van der Waals surface area contributed by atoms with E-state index in [2.05, 4.69) is 9.47 Å². The van der Waals surface area contributed by atoms with E-state index >= 15 is 0 Å². The van der Waals surface area contributed by atoms with Gasteiger partial charge in [-0.25, -0.2) is 0 Å². The number of rotatable bonds is 7. The van der Waals surface area contributed by atoms with Crippen LogP contribution in [0.3, 0.4) is 0 Å². The second-order valence-electron chi connectivity index (χ2n) is 3.60. The van der Waals surface area contributed by atoms with E-state index in [-0.39, 0.29) is 19.6 Å². The molecule has 0 bridgehead atoms.